The average Bonchev–Trinajstić information content (AvgIpc) is 2.59. The number of piperidine rings is 1. The molecule has 0 radical (unpaired) electrons. The van der Waals surface area contributed by atoms with E-state index in [2.05, 4.69) is 0 Å². The number of nitrogens with two attached hydrogens (primary N) is 1. The summed E-state index contributed by atoms with van der Waals surface area (Å²) in [5.74, 6) is -1.54. The molecule has 1 aliphatic heterocycles. The van der Waals surface area contributed by atoms with Crippen molar-refractivity contribution in [2.24, 2.45) is 11.7 Å². The lowest BCUT2D eigenvalue weighted by Crippen LogP contribution is -2.45. The highest BCUT2D eigenvalue weighted by molar-refractivity contribution is 6.31. The molecular formula is C16H19ClN2O5. The van der Waals surface area contributed by atoms with Gasteiger partial charge in [0.25, 0.3) is 5.91 Å². The van der Waals surface area contributed by atoms with Gasteiger partial charge >= 0.3 is 5.97 Å². The Hall–Kier alpha value is -2.28. The minimum atomic E-state index is -0.703. The summed E-state index contributed by atoms with van der Waals surface area (Å²) in [6.45, 7) is 0.354. The average molecular weight is 355 g/mol. The number of ether oxygens (including phenoxy) is 2. The van der Waals surface area contributed by atoms with Gasteiger partial charge in [-0.05, 0) is 31.0 Å². The Morgan fingerprint density at radius 3 is 2.79 bits per heavy atom. The molecule has 0 saturated carbocycles. The van der Waals surface area contributed by atoms with Crippen LogP contribution in [0.4, 0.5) is 0 Å². The molecule has 1 aromatic rings. The molecular weight excluding hydrogens is 336 g/mol. The Morgan fingerprint density at radius 1 is 1.38 bits per heavy atom. The summed E-state index contributed by atoms with van der Waals surface area (Å²) in [5, 5.41) is 0.356. The third kappa shape index (κ3) is 4.38. The van der Waals surface area contributed by atoms with Gasteiger partial charge in [0.15, 0.2) is 6.61 Å². The van der Waals surface area contributed by atoms with Gasteiger partial charge in [0.05, 0.1) is 13.0 Å². The maximum atomic E-state index is 12.2. The second kappa shape index (κ2) is 8.01. The predicted octanol–water partition coefficient (Wildman–Crippen LogP) is 1.23. The van der Waals surface area contributed by atoms with Crippen LogP contribution in [0.15, 0.2) is 18.2 Å². The van der Waals surface area contributed by atoms with Crippen molar-refractivity contribution >= 4 is 29.4 Å². The van der Waals surface area contributed by atoms with E-state index < -0.39 is 18.5 Å². The summed E-state index contributed by atoms with van der Waals surface area (Å²) in [7, 11) is 1.42. The van der Waals surface area contributed by atoms with Crippen LogP contribution in [0.5, 0.6) is 5.75 Å². The van der Waals surface area contributed by atoms with Crippen LogP contribution in [0.3, 0.4) is 0 Å². The summed E-state index contributed by atoms with van der Waals surface area (Å²) < 4.78 is 10.1. The lowest BCUT2D eigenvalue weighted by atomic mass is 9.97. The van der Waals surface area contributed by atoms with Gasteiger partial charge in [-0.1, -0.05) is 11.6 Å². The van der Waals surface area contributed by atoms with Crippen molar-refractivity contribution in [1.29, 1.82) is 0 Å². The molecule has 1 atom stereocenters. The van der Waals surface area contributed by atoms with Crippen molar-refractivity contribution in [3.05, 3.63) is 28.8 Å². The first-order valence-corrected chi connectivity index (χ1v) is 7.88. The van der Waals surface area contributed by atoms with Gasteiger partial charge < -0.3 is 20.1 Å². The lowest BCUT2D eigenvalue weighted by molar-refractivity contribution is -0.137. The lowest BCUT2D eigenvalue weighted by Gasteiger charge is -2.31. The largest absolute Gasteiger partial charge is 0.496 e. The van der Waals surface area contributed by atoms with Crippen LogP contribution in [0.1, 0.15) is 23.2 Å². The summed E-state index contributed by atoms with van der Waals surface area (Å²) in [6, 6.07) is 4.54. The number of amides is 2. The summed E-state index contributed by atoms with van der Waals surface area (Å²) >= 11 is 5.87. The maximum absolute atomic E-state index is 12.2. The molecule has 0 bridgehead atoms. The second-order valence-electron chi connectivity index (χ2n) is 5.50. The molecule has 2 rings (SSSR count). The van der Waals surface area contributed by atoms with Gasteiger partial charge in [-0.25, -0.2) is 4.79 Å². The smallest absolute Gasteiger partial charge is 0.342 e. The first-order valence-electron chi connectivity index (χ1n) is 7.50. The Balaban J connectivity index is 1.95. The first-order chi connectivity index (χ1) is 11.4. The van der Waals surface area contributed by atoms with Crippen molar-refractivity contribution in [3.63, 3.8) is 0 Å². The minimum Gasteiger partial charge on any atom is -0.496 e. The number of methoxy groups -OCH3 is 1. The Morgan fingerprint density at radius 2 is 2.12 bits per heavy atom. The number of carbonyl (C=O) groups excluding carboxylic acids is 3. The highest BCUT2D eigenvalue weighted by Crippen LogP contribution is 2.23. The fraction of sp³-hybridized carbons (Fsp3) is 0.438. The van der Waals surface area contributed by atoms with E-state index >= 15 is 0 Å². The number of benzene rings is 1. The Labute approximate surface area is 144 Å². The maximum Gasteiger partial charge on any atom is 0.342 e. The number of halogens is 1. The van der Waals surface area contributed by atoms with E-state index in [4.69, 9.17) is 26.8 Å². The first kappa shape index (κ1) is 18.1. The van der Waals surface area contributed by atoms with Gasteiger partial charge in [-0.15, -0.1) is 0 Å². The van der Waals surface area contributed by atoms with Gasteiger partial charge in [-0.2, -0.15) is 0 Å². The SMILES string of the molecule is COc1ccc(Cl)cc1C(=O)OCC(=O)N1CCC[C@@H](C(N)=O)C1. The topological polar surface area (TPSA) is 98.9 Å². The molecule has 24 heavy (non-hydrogen) atoms. The van der Waals surface area contributed by atoms with Crippen LogP contribution >= 0.6 is 11.6 Å². The number of nitrogens with zero attached hydrogens (tertiary/aromatic N) is 1. The molecule has 0 spiro atoms. The zero-order valence-electron chi connectivity index (χ0n) is 13.3. The fourth-order valence-electron chi connectivity index (χ4n) is 2.57. The molecule has 7 nitrogen and oxygen atoms in total. The van der Waals surface area contributed by atoms with Crippen LogP contribution in [0.2, 0.25) is 5.02 Å². The van der Waals surface area contributed by atoms with Crippen LogP contribution in [0, 0.1) is 5.92 Å². The molecule has 0 unspecified atom stereocenters. The standard InChI is InChI=1S/C16H19ClN2O5/c1-23-13-5-4-11(17)7-12(13)16(22)24-9-14(20)19-6-2-3-10(8-19)15(18)21/h4-5,7,10H,2-3,6,8-9H2,1H3,(H2,18,21)/t10-/m1/s1. The highest BCUT2D eigenvalue weighted by Gasteiger charge is 2.27. The molecule has 130 valence electrons. The third-order valence-corrected chi connectivity index (χ3v) is 4.12. The van der Waals surface area contributed by atoms with Gasteiger partial charge in [-0.3, -0.25) is 9.59 Å². The van der Waals surface area contributed by atoms with E-state index in [0.717, 1.165) is 0 Å². The second-order valence-corrected chi connectivity index (χ2v) is 5.94. The van der Waals surface area contributed by atoms with E-state index in [9.17, 15) is 14.4 Å². The molecule has 1 heterocycles. The van der Waals surface area contributed by atoms with Crippen molar-refractivity contribution < 1.29 is 23.9 Å². The number of primary amides is 1. The highest BCUT2D eigenvalue weighted by atomic mass is 35.5. The van der Waals surface area contributed by atoms with E-state index in [1.165, 1.54) is 18.1 Å². The van der Waals surface area contributed by atoms with Crippen LogP contribution in [-0.2, 0) is 14.3 Å². The summed E-state index contributed by atoms with van der Waals surface area (Å²) in [4.78, 5) is 37.0. The third-order valence-electron chi connectivity index (χ3n) is 3.88. The number of likely N-dealkylation sites (tertiary alicyclic amines) is 1. The monoisotopic (exact) mass is 354 g/mol. The molecule has 0 aliphatic carbocycles. The zero-order valence-corrected chi connectivity index (χ0v) is 14.0. The Kier molecular flexibility index (Phi) is 6.03. The summed E-state index contributed by atoms with van der Waals surface area (Å²) in [6.07, 6.45) is 1.36. The van der Waals surface area contributed by atoms with Gasteiger partial charge in [0.1, 0.15) is 11.3 Å². The molecule has 0 aromatic heterocycles. The van der Waals surface area contributed by atoms with Gasteiger partial charge in [0.2, 0.25) is 5.91 Å². The molecule has 1 aliphatic rings. The van der Waals surface area contributed by atoms with E-state index in [1.54, 1.807) is 12.1 Å². The van der Waals surface area contributed by atoms with Crippen molar-refractivity contribution in [2.45, 2.75) is 12.8 Å². The summed E-state index contributed by atoms with van der Waals surface area (Å²) in [5.41, 5.74) is 5.43. The quantitative estimate of drug-likeness (QED) is 0.802. The van der Waals surface area contributed by atoms with Crippen molar-refractivity contribution in [3.8, 4) is 5.75 Å². The number of rotatable bonds is 5. The molecule has 1 aromatic carbocycles. The number of carbonyl (C=O) groups is 3. The normalized spacial score (nSPS) is 17.2. The number of hydrogen-bond donors (Lipinski definition) is 1. The molecule has 2 N–H and O–H groups in total. The molecule has 1 saturated heterocycles. The number of esters is 1. The van der Waals surface area contributed by atoms with E-state index in [-0.39, 0.29) is 23.9 Å². The molecule has 1 fully saturated rings. The predicted molar refractivity (Wildman–Crippen MR) is 86.8 cm³/mol. The van der Waals surface area contributed by atoms with Crippen molar-refractivity contribution in [1.82, 2.24) is 4.90 Å². The van der Waals surface area contributed by atoms with Crippen LogP contribution in [-0.4, -0.2) is 49.5 Å². The number of hydrogen-bond acceptors (Lipinski definition) is 5. The van der Waals surface area contributed by atoms with E-state index in [0.29, 0.717) is 30.2 Å². The molecule has 8 heteroatoms. The fourth-order valence-corrected chi connectivity index (χ4v) is 2.74. The van der Waals surface area contributed by atoms with Crippen LogP contribution in [0.25, 0.3) is 0 Å². The van der Waals surface area contributed by atoms with E-state index in [1.807, 2.05) is 0 Å². The molecule has 2 amide bonds. The van der Waals surface area contributed by atoms with Crippen LogP contribution < -0.4 is 10.5 Å². The van der Waals surface area contributed by atoms with Crippen molar-refractivity contribution in [2.75, 3.05) is 26.8 Å². The zero-order chi connectivity index (χ0) is 17.7. The Bertz CT molecular complexity index is 649. The van der Waals surface area contributed by atoms with Gasteiger partial charge in [0, 0.05) is 18.1 Å². The minimum absolute atomic E-state index is 0.145.